The summed E-state index contributed by atoms with van der Waals surface area (Å²) in [5, 5.41) is 7.64. The maximum atomic E-state index is 5.48. The molecule has 1 unspecified atom stereocenters. The molecule has 2 aliphatic rings. The van der Waals surface area contributed by atoms with Crippen molar-refractivity contribution in [1.82, 2.24) is 24.9 Å². The topological polar surface area (TPSA) is 57.9 Å². The van der Waals surface area contributed by atoms with Crippen molar-refractivity contribution in [2.75, 3.05) is 53.0 Å². The lowest BCUT2D eigenvalue weighted by atomic mass is 10.1. The first-order chi connectivity index (χ1) is 11.2. The summed E-state index contributed by atoms with van der Waals surface area (Å²) in [6.07, 6.45) is 5.14. The van der Waals surface area contributed by atoms with Gasteiger partial charge in [-0.1, -0.05) is 0 Å². The van der Waals surface area contributed by atoms with E-state index in [1.807, 2.05) is 31.2 Å². The Morgan fingerprint density at radius 3 is 2.83 bits per heavy atom. The molecule has 0 radical (unpaired) electrons. The van der Waals surface area contributed by atoms with Crippen LogP contribution in [0.3, 0.4) is 0 Å². The van der Waals surface area contributed by atoms with E-state index in [4.69, 9.17) is 4.74 Å². The normalized spacial score (nSPS) is 23.5. The molecular weight excluding hydrogens is 292 g/mol. The molecule has 1 aromatic rings. The molecule has 0 aromatic carbocycles. The van der Waals surface area contributed by atoms with Crippen LogP contribution in [0.2, 0.25) is 0 Å². The smallest absolute Gasteiger partial charge is 0.194 e. The van der Waals surface area contributed by atoms with E-state index < -0.39 is 0 Å². The third kappa shape index (κ3) is 4.45. The van der Waals surface area contributed by atoms with Crippen LogP contribution in [0, 0.1) is 5.92 Å². The largest absolute Gasteiger partial charge is 0.381 e. The van der Waals surface area contributed by atoms with Crippen LogP contribution in [0.15, 0.2) is 17.4 Å². The number of ether oxygens (including phenoxy) is 1. The Morgan fingerprint density at radius 2 is 2.22 bits per heavy atom. The van der Waals surface area contributed by atoms with Crippen LogP contribution >= 0.6 is 0 Å². The van der Waals surface area contributed by atoms with Gasteiger partial charge in [-0.25, -0.2) is 0 Å². The van der Waals surface area contributed by atoms with E-state index in [1.54, 1.807) is 0 Å². The van der Waals surface area contributed by atoms with E-state index in [2.05, 4.69) is 25.2 Å². The minimum atomic E-state index is 0.726. The summed E-state index contributed by atoms with van der Waals surface area (Å²) >= 11 is 0. The first kappa shape index (κ1) is 16.3. The van der Waals surface area contributed by atoms with Crippen molar-refractivity contribution in [3.8, 4) is 0 Å². The third-order valence-electron chi connectivity index (χ3n) is 4.63. The van der Waals surface area contributed by atoms with Gasteiger partial charge in [0.1, 0.15) is 0 Å². The fraction of sp³-hybridized carbons (Fsp3) is 0.750. The molecule has 0 bridgehead atoms. The summed E-state index contributed by atoms with van der Waals surface area (Å²) in [4.78, 5) is 9.33. The third-order valence-corrected chi connectivity index (χ3v) is 4.63. The molecule has 2 fully saturated rings. The van der Waals surface area contributed by atoms with Gasteiger partial charge in [-0.15, -0.1) is 0 Å². The molecular formula is C16H28N6O. The molecule has 1 N–H and O–H groups in total. The highest BCUT2D eigenvalue weighted by Gasteiger charge is 2.23. The maximum absolute atomic E-state index is 5.48. The van der Waals surface area contributed by atoms with Gasteiger partial charge < -0.3 is 15.0 Å². The maximum Gasteiger partial charge on any atom is 0.194 e. The molecule has 2 aliphatic heterocycles. The fourth-order valence-corrected chi connectivity index (χ4v) is 3.31. The molecule has 1 atom stereocenters. The first-order valence-corrected chi connectivity index (χ1v) is 8.48. The quantitative estimate of drug-likeness (QED) is 0.632. The second-order valence-corrected chi connectivity index (χ2v) is 6.44. The summed E-state index contributed by atoms with van der Waals surface area (Å²) in [7, 11) is 3.79. The van der Waals surface area contributed by atoms with Gasteiger partial charge in [0, 0.05) is 71.7 Å². The number of aryl methyl sites for hydroxylation is 1. The van der Waals surface area contributed by atoms with E-state index in [9.17, 15) is 0 Å². The lowest BCUT2D eigenvalue weighted by Crippen LogP contribution is -2.53. The standard InChI is InChI=1S/C16H28N6O/c1-17-16(18-9-15-10-19-20(2)11-15)22-6-4-21(5-7-22)12-14-3-8-23-13-14/h10-11,14H,3-9,12-13H2,1-2H3,(H,17,18). The zero-order valence-corrected chi connectivity index (χ0v) is 14.2. The molecule has 0 saturated carbocycles. The Balaban J connectivity index is 1.43. The number of hydrogen-bond donors (Lipinski definition) is 1. The van der Waals surface area contributed by atoms with Gasteiger partial charge in [0.25, 0.3) is 0 Å². The minimum Gasteiger partial charge on any atom is -0.381 e. The number of piperazine rings is 1. The van der Waals surface area contributed by atoms with E-state index in [0.29, 0.717) is 0 Å². The van der Waals surface area contributed by atoms with Gasteiger partial charge in [0.15, 0.2) is 5.96 Å². The van der Waals surface area contributed by atoms with Crippen molar-refractivity contribution in [1.29, 1.82) is 0 Å². The number of aromatic nitrogens is 2. The molecule has 3 heterocycles. The summed E-state index contributed by atoms with van der Waals surface area (Å²) in [5.41, 5.74) is 1.17. The van der Waals surface area contributed by atoms with Gasteiger partial charge in [-0.2, -0.15) is 5.10 Å². The van der Waals surface area contributed by atoms with E-state index in [-0.39, 0.29) is 0 Å². The Hall–Kier alpha value is -1.60. The molecule has 3 rings (SSSR count). The molecule has 2 saturated heterocycles. The molecule has 0 amide bonds. The summed E-state index contributed by atoms with van der Waals surface area (Å²) in [6, 6.07) is 0. The van der Waals surface area contributed by atoms with Crippen LogP contribution in [0.25, 0.3) is 0 Å². The zero-order chi connectivity index (χ0) is 16.1. The number of nitrogens with zero attached hydrogens (tertiary/aromatic N) is 5. The number of rotatable bonds is 4. The lowest BCUT2D eigenvalue weighted by Gasteiger charge is -2.37. The molecule has 7 nitrogen and oxygen atoms in total. The van der Waals surface area contributed by atoms with Crippen LogP contribution in [0.5, 0.6) is 0 Å². The SMILES string of the molecule is CN=C(NCc1cnn(C)c1)N1CCN(CC2CCOC2)CC1. The molecule has 128 valence electrons. The average Bonchev–Trinajstić information content (AvgIpc) is 3.21. The number of hydrogen-bond acceptors (Lipinski definition) is 4. The van der Waals surface area contributed by atoms with Crippen molar-refractivity contribution in [2.45, 2.75) is 13.0 Å². The summed E-state index contributed by atoms with van der Waals surface area (Å²) < 4.78 is 7.30. The molecule has 0 aliphatic carbocycles. The predicted molar refractivity (Wildman–Crippen MR) is 90.3 cm³/mol. The van der Waals surface area contributed by atoms with Crippen molar-refractivity contribution in [3.63, 3.8) is 0 Å². The highest BCUT2D eigenvalue weighted by molar-refractivity contribution is 5.79. The van der Waals surface area contributed by atoms with Crippen LogP contribution in [-0.2, 0) is 18.3 Å². The molecule has 7 heteroatoms. The minimum absolute atomic E-state index is 0.726. The fourth-order valence-electron chi connectivity index (χ4n) is 3.31. The van der Waals surface area contributed by atoms with Crippen molar-refractivity contribution in [2.24, 2.45) is 18.0 Å². The van der Waals surface area contributed by atoms with Crippen LogP contribution in [0.1, 0.15) is 12.0 Å². The Bertz CT molecular complexity index is 514. The van der Waals surface area contributed by atoms with Gasteiger partial charge in [-0.3, -0.25) is 14.6 Å². The van der Waals surface area contributed by atoms with Crippen molar-refractivity contribution < 1.29 is 4.74 Å². The summed E-state index contributed by atoms with van der Waals surface area (Å²) in [5.74, 6) is 1.71. The Kier molecular flexibility index (Phi) is 5.51. The van der Waals surface area contributed by atoms with E-state index in [0.717, 1.165) is 57.8 Å². The Labute approximate surface area is 138 Å². The van der Waals surface area contributed by atoms with Crippen LogP contribution in [-0.4, -0.2) is 78.5 Å². The summed E-state index contributed by atoms with van der Waals surface area (Å²) in [6.45, 7) is 8.08. The second kappa shape index (κ2) is 7.79. The highest BCUT2D eigenvalue weighted by Crippen LogP contribution is 2.15. The molecule has 0 spiro atoms. The van der Waals surface area contributed by atoms with Gasteiger partial charge in [0.2, 0.25) is 0 Å². The number of nitrogens with one attached hydrogen (secondary N) is 1. The monoisotopic (exact) mass is 320 g/mol. The second-order valence-electron chi connectivity index (χ2n) is 6.44. The van der Waals surface area contributed by atoms with Crippen LogP contribution in [0.4, 0.5) is 0 Å². The highest BCUT2D eigenvalue weighted by atomic mass is 16.5. The molecule has 1 aromatic heterocycles. The number of guanidine groups is 1. The van der Waals surface area contributed by atoms with Crippen molar-refractivity contribution >= 4 is 5.96 Å². The lowest BCUT2D eigenvalue weighted by molar-refractivity contribution is 0.139. The van der Waals surface area contributed by atoms with Gasteiger partial charge >= 0.3 is 0 Å². The average molecular weight is 320 g/mol. The molecule has 23 heavy (non-hydrogen) atoms. The first-order valence-electron chi connectivity index (χ1n) is 8.48. The Morgan fingerprint density at radius 1 is 1.39 bits per heavy atom. The number of aliphatic imine (C=N–C) groups is 1. The van der Waals surface area contributed by atoms with Crippen molar-refractivity contribution in [3.05, 3.63) is 18.0 Å². The van der Waals surface area contributed by atoms with Crippen LogP contribution < -0.4 is 5.32 Å². The van der Waals surface area contributed by atoms with Gasteiger partial charge in [0.05, 0.1) is 12.8 Å². The van der Waals surface area contributed by atoms with E-state index >= 15 is 0 Å². The van der Waals surface area contributed by atoms with Gasteiger partial charge in [-0.05, 0) is 12.3 Å². The zero-order valence-electron chi connectivity index (χ0n) is 14.2. The van der Waals surface area contributed by atoms with E-state index in [1.165, 1.54) is 18.5 Å². The predicted octanol–water partition coefficient (Wildman–Crippen LogP) is 0.150.